The molecule has 2 aromatic rings. The third kappa shape index (κ3) is 8.56. The van der Waals surface area contributed by atoms with Gasteiger partial charge in [-0.3, -0.25) is 13.9 Å². The SMILES string of the molecule is CC[C@@H](C)NC(=O)[C@H](CC)N(Cc1ccc(Cl)cc1)C(=O)CN(c1cc(Cl)cc(Cl)c1)S(C)(=O)=O. The third-order valence-electron chi connectivity index (χ3n) is 5.47. The molecule has 0 bridgehead atoms. The molecule has 0 aliphatic heterocycles. The van der Waals surface area contributed by atoms with Gasteiger partial charge in [0.15, 0.2) is 0 Å². The highest BCUT2D eigenvalue weighted by Crippen LogP contribution is 2.27. The number of hydrogen-bond acceptors (Lipinski definition) is 4. The lowest BCUT2D eigenvalue weighted by Gasteiger charge is -2.33. The summed E-state index contributed by atoms with van der Waals surface area (Å²) in [5, 5.41) is 3.91. The molecule has 2 amide bonds. The van der Waals surface area contributed by atoms with Crippen LogP contribution in [0.2, 0.25) is 15.1 Å². The monoisotopic (exact) mass is 561 g/mol. The van der Waals surface area contributed by atoms with Crippen LogP contribution in [0.4, 0.5) is 5.69 Å². The summed E-state index contributed by atoms with van der Waals surface area (Å²) < 4.78 is 26.2. The van der Waals surface area contributed by atoms with Gasteiger partial charge in [0.2, 0.25) is 21.8 Å². The van der Waals surface area contributed by atoms with Crippen LogP contribution < -0.4 is 9.62 Å². The van der Waals surface area contributed by atoms with Crippen LogP contribution in [0.25, 0.3) is 0 Å². The Morgan fingerprint density at radius 2 is 1.51 bits per heavy atom. The van der Waals surface area contributed by atoms with Crippen molar-refractivity contribution in [3.05, 3.63) is 63.1 Å². The number of rotatable bonds is 11. The number of anilines is 1. The Labute approximate surface area is 222 Å². The molecule has 0 heterocycles. The van der Waals surface area contributed by atoms with Gasteiger partial charge < -0.3 is 10.2 Å². The molecule has 2 aromatic carbocycles. The highest BCUT2D eigenvalue weighted by atomic mass is 35.5. The molecule has 0 fully saturated rings. The molecule has 2 atom stereocenters. The minimum absolute atomic E-state index is 0.0786. The smallest absolute Gasteiger partial charge is 0.244 e. The molecule has 0 aromatic heterocycles. The summed E-state index contributed by atoms with van der Waals surface area (Å²) in [6.07, 6.45) is 2.06. The van der Waals surface area contributed by atoms with Crippen molar-refractivity contribution in [2.75, 3.05) is 17.1 Å². The van der Waals surface area contributed by atoms with Gasteiger partial charge in [-0.2, -0.15) is 0 Å². The van der Waals surface area contributed by atoms with E-state index in [1.54, 1.807) is 31.2 Å². The highest BCUT2D eigenvalue weighted by Gasteiger charge is 2.32. The van der Waals surface area contributed by atoms with Crippen molar-refractivity contribution in [3.8, 4) is 0 Å². The molecule has 192 valence electrons. The van der Waals surface area contributed by atoms with Crippen LogP contribution in [-0.4, -0.2) is 50.0 Å². The Morgan fingerprint density at radius 3 is 2.00 bits per heavy atom. The lowest BCUT2D eigenvalue weighted by molar-refractivity contribution is -0.140. The van der Waals surface area contributed by atoms with E-state index in [0.717, 1.165) is 22.5 Å². The minimum Gasteiger partial charge on any atom is -0.352 e. The first-order valence-corrected chi connectivity index (χ1v) is 14.1. The predicted molar refractivity (Wildman–Crippen MR) is 143 cm³/mol. The molecule has 0 saturated carbocycles. The zero-order valence-electron chi connectivity index (χ0n) is 20.1. The lowest BCUT2D eigenvalue weighted by atomic mass is 10.1. The van der Waals surface area contributed by atoms with Crippen molar-refractivity contribution in [3.63, 3.8) is 0 Å². The molecule has 0 radical (unpaired) electrons. The van der Waals surface area contributed by atoms with E-state index in [-0.39, 0.29) is 34.2 Å². The summed E-state index contributed by atoms with van der Waals surface area (Å²) in [7, 11) is -3.88. The number of nitrogens with zero attached hydrogens (tertiary/aromatic N) is 2. The summed E-state index contributed by atoms with van der Waals surface area (Å²) in [5.41, 5.74) is 0.899. The summed E-state index contributed by atoms with van der Waals surface area (Å²) in [6.45, 7) is 5.19. The first kappa shape index (κ1) is 29.2. The number of amides is 2. The van der Waals surface area contributed by atoms with Gasteiger partial charge in [0.25, 0.3) is 0 Å². The number of carbonyl (C=O) groups is 2. The molecule has 1 N–H and O–H groups in total. The van der Waals surface area contributed by atoms with Gasteiger partial charge in [-0.1, -0.05) is 60.8 Å². The summed E-state index contributed by atoms with van der Waals surface area (Å²) >= 11 is 18.1. The Morgan fingerprint density at radius 1 is 0.943 bits per heavy atom. The van der Waals surface area contributed by atoms with E-state index in [1.165, 1.54) is 23.1 Å². The second kappa shape index (κ2) is 12.8. The minimum atomic E-state index is -3.88. The van der Waals surface area contributed by atoms with Gasteiger partial charge in [-0.25, -0.2) is 8.42 Å². The molecule has 0 spiro atoms. The maximum atomic E-state index is 13.6. The maximum Gasteiger partial charge on any atom is 0.244 e. The topological polar surface area (TPSA) is 86.8 Å². The number of carbonyl (C=O) groups excluding carboxylic acids is 2. The van der Waals surface area contributed by atoms with Crippen LogP contribution >= 0.6 is 34.8 Å². The van der Waals surface area contributed by atoms with Crippen LogP contribution in [0.3, 0.4) is 0 Å². The Hall–Kier alpha value is -2.00. The Kier molecular flexibility index (Phi) is 10.7. The molecule has 0 unspecified atom stereocenters. The molecular weight excluding hydrogens is 533 g/mol. The molecule has 0 aliphatic rings. The van der Waals surface area contributed by atoms with Gasteiger partial charge in [-0.05, 0) is 55.7 Å². The fourth-order valence-electron chi connectivity index (χ4n) is 3.44. The molecule has 35 heavy (non-hydrogen) atoms. The van der Waals surface area contributed by atoms with E-state index in [0.29, 0.717) is 11.4 Å². The number of sulfonamides is 1. The molecule has 11 heteroatoms. The van der Waals surface area contributed by atoms with E-state index in [4.69, 9.17) is 34.8 Å². The van der Waals surface area contributed by atoms with E-state index in [9.17, 15) is 18.0 Å². The molecule has 0 aliphatic carbocycles. The summed E-state index contributed by atoms with van der Waals surface area (Å²) in [6, 6.07) is 10.3. The van der Waals surface area contributed by atoms with Crippen molar-refractivity contribution in [1.82, 2.24) is 10.2 Å². The zero-order valence-corrected chi connectivity index (χ0v) is 23.2. The van der Waals surface area contributed by atoms with Crippen molar-refractivity contribution in [1.29, 1.82) is 0 Å². The number of halogens is 3. The molecular formula is C24H30Cl3N3O4S. The normalized spacial score (nSPS) is 13.1. The quantitative estimate of drug-likeness (QED) is 0.411. The van der Waals surface area contributed by atoms with E-state index >= 15 is 0 Å². The lowest BCUT2D eigenvalue weighted by Crippen LogP contribution is -2.53. The molecule has 7 nitrogen and oxygen atoms in total. The van der Waals surface area contributed by atoms with Gasteiger partial charge in [0, 0.05) is 27.7 Å². The average Bonchev–Trinajstić information content (AvgIpc) is 2.76. The average molecular weight is 563 g/mol. The van der Waals surface area contributed by atoms with Crippen LogP contribution in [0.15, 0.2) is 42.5 Å². The first-order chi connectivity index (χ1) is 16.3. The predicted octanol–water partition coefficient (Wildman–Crippen LogP) is 5.13. The fraction of sp³-hybridized carbons (Fsp3) is 0.417. The van der Waals surface area contributed by atoms with E-state index in [2.05, 4.69) is 5.32 Å². The van der Waals surface area contributed by atoms with Crippen LogP contribution in [0.5, 0.6) is 0 Å². The number of hydrogen-bond donors (Lipinski definition) is 1. The van der Waals surface area contributed by atoms with Crippen LogP contribution in [0.1, 0.15) is 39.2 Å². The first-order valence-electron chi connectivity index (χ1n) is 11.1. The maximum absolute atomic E-state index is 13.6. The largest absolute Gasteiger partial charge is 0.352 e. The van der Waals surface area contributed by atoms with Crippen molar-refractivity contribution in [2.24, 2.45) is 0 Å². The van der Waals surface area contributed by atoms with E-state index < -0.39 is 28.5 Å². The van der Waals surface area contributed by atoms with Crippen LogP contribution in [0, 0.1) is 0 Å². The van der Waals surface area contributed by atoms with Gasteiger partial charge >= 0.3 is 0 Å². The Bertz CT molecular complexity index is 1120. The molecule has 2 rings (SSSR count). The Balaban J connectivity index is 2.46. The number of benzene rings is 2. The third-order valence-corrected chi connectivity index (χ3v) is 7.30. The molecule has 0 saturated heterocycles. The second-order valence-corrected chi connectivity index (χ2v) is 11.5. The van der Waals surface area contributed by atoms with Crippen molar-refractivity contribution < 1.29 is 18.0 Å². The zero-order chi connectivity index (χ0) is 26.3. The summed E-state index contributed by atoms with van der Waals surface area (Å²) in [5.74, 6) is -0.853. The summed E-state index contributed by atoms with van der Waals surface area (Å²) in [4.78, 5) is 28.1. The second-order valence-electron chi connectivity index (χ2n) is 8.29. The van der Waals surface area contributed by atoms with Gasteiger partial charge in [-0.15, -0.1) is 0 Å². The van der Waals surface area contributed by atoms with Crippen molar-refractivity contribution in [2.45, 2.75) is 52.2 Å². The van der Waals surface area contributed by atoms with E-state index in [1.807, 2.05) is 13.8 Å². The van der Waals surface area contributed by atoms with Gasteiger partial charge in [0.05, 0.1) is 11.9 Å². The fourth-order valence-corrected chi connectivity index (χ4v) is 4.92. The standard InChI is InChI=1S/C24H30Cl3N3O4S/c1-5-16(3)28-24(32)22(6-2)29(14-17-7-9-18(25)10-8-17)23(31)15-30(35(4,33)34)21-12-19(26)11-20(27)13-21/h7-13,16,22H,5-6,14-15H2,1-4H3,(H,28,32)/t16-,22+/m1/s1. The van der Waals surface area contributed by atoms with Gasteiger partial charge in [0.1, 0.15) is 12.6 Å². The number of nitrogens with one attached hydrogen (secondary N) is 1. The highest BCUT2D eigenvalue weighted by molar-refractivity contribution is 7.92. The van der Waals surface area contributed by atoms with Crippen LogP contribution in [-0.2, 0) is 26.2 Å². The van der Waals surface area contributed by atoms with Crippen molar-refractivity contribution >= 4 is 62.3 Å².